The zero-order valence-corrected chi connectivity index (χ0v) is 13.8. The maximum atomic E-state index is 11.5. The van der Waals surface area contributed by atoms with Gasteiger partial charge in [-0.1, -0.05) is 0 Å². The molecule has 0 fully saturated rings. The highest BCUT2D eigenvalue weighted by molar-refractivity contribution is 7.47. The summed E-state index contributed by atoms with van der Waals surface area (Å²) in [6.45, 7) is -1.25. The molecule has 1 rings (SSSR count). The van der Waals surface area contributed by atoms with Gasteiger partial charge in [0.15, 0.2) is 6.10 Å². The van der Waals surface area contributed by atoms with E-state index in [2.05, 4.69) is 18.3 Å². The molecule has 18 heteroatoms. The SMILES string of the molecule is O=C1O[C@H]([C@H](CO)OP(=O)(O)O)C(OP(=O)(O)O)=C1OP(=O)(O)O. The van der Waals surface area contributed by atoms with Crippen molar-refractivity contribution in [2.45, 2.75) is 12.2 Å². The highest BCUT2D eigenvalue weighted by Gasteiger charge is 2.48. The molecule has 0 saturated carbocycles. The minimum absolute atomic E-state index is 1.25. The highest BCUT2D eigenvalue weighted by atomic mass is 31.2. The Bertz CT molecular complexity index is 663. The monoisotopic (exact) mass is 416 g/mol. The standard InChI is InChI=1S/C6H11O15P3/c7-1-2(19-22(9,10)11)3-4(20-23(12,13)14)5(6(8)18-3)21-24(15,16)17/h2-3,7H,1H2,(H2,9,10,11)(H2,12,13,14)(H2,15,16,17)/t2-,3+/m0/s1. The van der Waals surface area contributed by atoms with Crippen LogP contribution in [0, 0.1) is 0 Å². The fourth-order valence-electron chi connectivity index (χ4n) is 1.48. The first-order chi connectivity index (χ1) is 10.6. The van der Waals surface area contributed by atoms with Gasteiger partial charge in [-0.3, -0.25) is 24.1 Å². The lowest BCUT2D eigenvalue weighted by molar-refractivity contribution is -0.147. The van der Waals surface area contributed by atoms with Crippen LogP contribution in [-0.4, -0.2) is 59.3 Å². The first kappa shape index (κ1) is 21.2. The number of rotatable bonds is 8. The summed E-state index contributed by atoms with van der Waals surface area (Å²) in [5.41, 5.74) is 0. The van der Waals surface area contributed by atoms with Gasteiger partial charge in [0, 0.05) is 0 Å². The van der Waals surface area contributed by atoms with E-state index in [1.54, 1.807) is 0 Å². The second kappa shape index (κ2) is 7.20. The fraction of sp³-hybridized carbons (Fsp3) is 0.500. The lowest BCUT2D eigenvalue weighted by atomic mass is 10.2. The predicted octanol–water partition coefficient (Wildman–Crippen LogP) is -2.19. The Kier molecular flexibility index (Phi) is 6.36. The third-order valence-corrected chi connectivity index (χ3v) is 3.52. The summed E-state index contributed by atoms with van der Waals surface area (Å²) >= 11 is 0. The number of phosphoric acid groups is 3. The topological polar surface area (TPSA) is 247 Å². The van der Waals surface area contributed by atoms with Crippen molar-refractivity contribution in [1.29, 1.82) is 0 Å². The lowest BCUT2D eigenvalue weighted by Gasteiger charge is -2.23. The molecule has 0 aromatic heterocycles. The number of hydrogen-bond acceptors (Lipinski definition) is 9. The molecule has 0 aromatic rings. The Labute approximate surface area is 132 Å². The van der Waals surface area contributed by atoms with Crippen LogP contribution in [0.2, 0.25) is 0 Å². The van der Waals surface area contributed by atoms with Gasteiger partial charge in [0.05, 0.1) is 6.61 Å². The first-order valence-electron chi connectivity index (χ1n) is 5.43. The number of aliphatic hydroxyl groups excluding tert-OH is 1. The maximum absolute atomic E-state index is 11.5. The van der Waals surface area contributed by atoms with Gasteiger partial charge >= 0.3 is 29.4 Å². The summed E-state index contributed by atoms with van der Waals surface area (Å²) in [5, 5.41) is 9.04. The van der Waals surface area contributed by atoms with Crippen molar-refractivity contribution in [2.75, 3.05) is 6.61 Å². The Balaban J connectivity index is 3.32. The van der Waals surface area contributed by atoms with Crippen LogP contribution in [0.5, 0.6) is 0 Å². The molecule has 0 unspecified atom stereocenters. The molecule has 0 aliphatic carbocycles. The Morgan fingerprint density at radius 3 is 1.83 bits per heavy atom. The van der Waals surface area contributed by atoms with Gasteiger partial charge in [-0.25, -0.2) is 18.5 Å². The van der Waals surface area contributed by atoms with Crippen molar-refractivity contribution < 1.29 is 71.3 Å². The molecular formula is C6H11O15P3. The van der Waals surface area contributed by atoms with Gasteiger partial charge in [-0.15, -0.1) is 0 Å². The van der Waals surface area contributed by atoms with E-state index in [1.165, 1.54) is 0 Å². The number of aliphatic hydroxyl groups is 1. The summed E-state index contributed by atoms with van der Waals surface area (Å²) in [6, 6.07) is 0. The molecule has 2 atom stereocenters. The number of cyclic esters (lactones) is 1. The van der Waals surface area contributed by atoms with Crippen molar-refractivity contribution in [1.82, 2.24) is 0 Å². The van der Waals surface area contributed by atoms with Crippen LogP contribution >= 0.6 is 23.5 Å². The van der Waals surface area contributed by atoms with Crippen LogP contribution in [0.3, 0.4) is 0 Å². The zero-order chi connectivity index (χ0) is 18.9. The van der Waals surface area contributed by atoms with Gasteiger partial charge in [0.1, 0.15) is 6.10 Å². The van der Waals surface area contributed by atoms with Crippen molar-refractivity contribution in [3.05, 3.63) is 11.5 Å². The molecule has 0 aromatic carbocycles. The first-order valence-corrected chi connectivity index (χ1v) is 10.0. The van der Waals surface area contributed by atoms with Crippen molar-refractivity contribution in [3.63, 3.8) is 0 Å². The fourth-order valence-corrected chi connectivity index (χ4v) is 2.86. The Hall–Kier alpha value is -0.820. The van der Waals surface area contributed by atoms with Crippen LogP contribution < -0.4 is 0 Å². The molecule has 0 spiro atoms. The molecule has 1 heterocycles. The smallest absolute Gasteiger partial charge is 0.445 e. The molecule has 140 valence electrons. The van der Waals surface area contributed by atoms with E-state index in [0.717, 1.165) is 0 Å². The van der Waals surface area contributed by atoms with Crippen LogP contribution in [-0.2, 0) is 36.8 Å². The molecule has 0 saturated heterocycles. The van der Waals surface area contributed by atoms with Crippen LogP contribution in [0.25, 0.3) is 0 Å². The molecular weight excluding hydrogens is 405 g/mol. The minimum atomic E-state index is -5.44. The number of ether oxygens (including phenoxy) is 1. The van der Waals surface area contributed by atoms with E-state index in [0.29, 0.717) is 0 Å². The van der Waals surface area contributed by atoms with E-state index in [4.69, 9.17) is 34.5 Å². The highest BCUT2D eigenvalue weighted by Crippen LogP contribution is 2.49. The summed E-state index contributed by atoms with van der Waals surface area (Å²) in [7, 11) is -16.1. The molecule has 15 nitrogen and oxygen atoms in total. The van der Waals surface area contributed by atoms with Gasteiger partial charge < -0.3 is 28.7 Å². The van der Waals surface area contributed by atoms with Gasteiger partial charge in [0.25, 0.3) is 5.76 Å². The summed E-state index contributed by atoms with van der Waals surface area (Å²) < 4.78 is 48.9. The van der Waals surface area contributed by atoms with Gasteiger partial charge in [-0.2, -0.15) is 0 Å². The summed E-state index contributed by atoms with van der Waals surface area (Å²) in [5.74, 6) is -4.49. The largest absolute Gasteiger partial charge is 0.525 e. The van der Waals surface area contributed by atoms with Crippen LogP contribution in [0.15, 0.2) is 11.5 Å². The van der Waals surface area contributed by atoms with Gasteiger partial charge in [0.2, 0.25) is 5.76 Å². The molecule has 0 radical (unpaired) electrons. The maximum Gasteiger partial charge on any atom is 0.525 e. The average Bonchev–Trinajstić information content (AvgIpc) is 2.60. The van der Waals surface area contributed by atoms with E-state index in [9.17, 15) is 18.5 Å². The molecule has 0 amide bonds. The molecule has 1 aliphatic heterocycles. The molecule has 7 N–H and O–H groups in total. The van der Waals surface area contributed by atoms with E-state index < -0.39 is 59.8 Å². The molecule has 0 bridgehead atoms. The van der Waals surface area contributed by atoms with Gasteiger partial charge in [-0.05, 0) is 0 Å². The molecule has 24 heavy (non-hydrogen) atoms. The summed E-state index contributed by atoms with van der Waals surface area (Å²) in [4.78, 5) is 63.8. The number of hydrogen-bond donors (Lipinski definition) is 7. The Morgan fingerprint density at radius 2 is 1.46 bits per heavy atom. The van der Waals surface area contributed by atoms with E-state index >= 15 is 0 Å². The van der Waals surface area contributed by atoms with Crippen molar-refractivity contribution in [2.24, 2.45) is 0 Å². The third-order valence-electron chi connectivity index (χ3n) is 2.12. The quantitative estimate of drug-likeness (QED) is 0.164. The normalized spacial score (nSPS) is 20.8. The number of esters is 1. The number of phosphoric ester groups is 3. The summed E-state index contributed by atoms with van der Waals surface area (Å²) in [6.07, 6.45) is -4.28. The van der Waals surface area contributed by atoms with E-state index in [1.807, 2.05) is 0 Å². The molecule has 1 aliphatic rings. The second-order valence-corrected chi connectivity index (χ2v) is 7.52. The average molecular weight is 416 g/mol. The lowest BCUT2D eigenvalue weighted by Crippen LogP contribution is -2.34. The zero-order valence-electron chi connectivity index (χ0n) is 11.1. The second-order valence-electron chi connectivity index (χ2n) is 4.00. The van der Waals surface area contributed by atoms with Crippen molar-refractivity contribution >= 4 is 29.4 Å². The Morgan fingerprint density at radius 1 is 0.958 bits per heavy atom. The number of carbonyl (C=O) groups excluding carboxylic acids is 1. The predicted molar refractivity (Wildman–Crippen MR) is 67.2 cm³/mol. The van der Waals surface area contributed by atoms with Crippen LogP contribution in [0.1, 0.15) is 0 Å². The van der Waals surface area contributed by atoms with Crippen molar-refractivity contribution in [3.8, 4) is 0 Å². The third kappa shape index (κ3) is 6.59. The number of carbonyl (C=O) groups is 1. The van der Waals surface area contributed by atoms with Crippen LogP contribution in [0.4, 0.5) is 0 Å². The minimum Gasteiger partial charge on any atom is -0.445 e. The van der Waals surface area contributed by atoms with E-state index in [-0.39, 0.29) is 0 Å².